The fourth-order valence-electron chi connectivity index (χ4n) is 1.55. The molecule has 6 heteroatoms. The number of para-hydroxylation sites is 1. The first-order valence-electron chi connectivity index (χ1n) is 6.16. The van der Waals surface area contributed by atoms with E-state index in [1.54, 1.807) is 61.7 Å². The number of hydrogen-bond donors (Lipinski definition) is 2. The smallest absolute Gasteiger partial charge is 0.420 e. The molecule has 2 N–H and O–H groups in total. The van der Waals surface area contributed by atoms with Crippen molar-refractivity contribution in [3.63, 3.8) is 0 Å². The van der Waals surface area contributed by atoms with Crippen LogP contribution in [0.5, 0.6) is 11.5 Å². The maximum atomic E-state index is 11.6. The van der Waals surface area contributed by atoms with Crippen molar-refractivity contribution in [1.29, 1.82) is 0 Å². The molecule has 0 aliphatic heterocycles. The highest BCUT2D eigenvalue weighted by Gasteiger charge is 2.09. The zero-order valence-corrected chi connectivity index (χ0v) is 11.3. The minimum Gasteiger partial charge on any atom is -0.497 e. The van der Waals surface area contributed by atoms with E-state index < -0.39 is 12.1 Å². The molecule has 21 heavy (non-hydrogen) atoms. The number of benzene rings is 2. The molecule has 0 atom stereocenters. The lowest BCUT2D eigenvalue weighted by atomic mass is 10.3. The van der Waals surface area contributed by atoms with Crippen molar-refractivity contribution in [3.8, 4) is 11.5 Å². The van der Waals surface area contributed by atoms with Crippen LogP contribution in [0.3, 0.4) is 0 Å². The molecular weight excluding hydrogens is 272 g/mol. The molecule has 2 rings (SSSR count). The van der Waals surface area contributed by atoms with E-state index in [1.807, 2.05) is 0 Å². The van der Waals surface area contributed by atoms with E-state index in [-0.39, 0.29) is 0 Å². The zero-order valence-electron chi connectivity index (χ0n) is 11.3. The number of carbonyl (C=O) groups is 2. The van der Waals surface area contributed by atoms with Crippen LogP contribution >= 0.6 is 0 Å². The number of methoxy groups -OCH3 is 1. The van der Waals surface area contributed by atoms with Crippen molar-refractivity contribution in [1.82, 2.24) is 5.32 Å². The molecule has 2 aromatic rings. The predicted molar refractivity (Wildman–Crippen MR) is 77.6 cm³/mol. The molecule has 6 nitrogen and oxygen atoms in total. The van der Waals surface area contributed by atoms with Gasteiger partial charge in [-0.1, -0.05) is 18.2 Å². The standard InChI is InChI=1S/C15H14N2O4/c1-20-12-9-7-11(8-10-12)16-14(18)17-15(19)21-13-5-3-2-4-6-13/h2-10H,1H3,(H2,16,17,18,19). The summed E-state index contributed by atoms with van der Waals surface area (Å²) in [5.74, 6) is 1.02. The summed E-state index contributed by atoms with van der Waals surface area (Å²) < 4.78 is 9.93. The highest BCUT2D eigenvalue weighted by molar-refractivity contribution is 5.99. The van der Waals surface area contributed by atoms with Crippen LogP contribution in [0.1, 0.15) is 0 Å². The SMILES string of the molecule is COc1ccc(NC(=O)NC(=O)Oc2ccccc2)cc1. The Balaban J connectivity index is 1.84. The molecule has 0 fully saturated rings. The van der Waals surface area contributed by atoms with Crippen LogP contribution in [0.2, 0.25) is 0 Å². The van der Waals surface area contributed by atoms with Crippen LogP contribution in [-0.4, -0.2) is 19.2 Å². The third-order valence-corrected chi connectivity index (χ3v) is 2.52. The molecule has 0 aliphatic carbocycles. The maximum Gasteiger partial charge on any atom is 0.420 e. The van der Waals surface area contributed by atoms with Gasteiger partial charge < -0.3 is 14.8 Å². The third-order valence-electron chi connectivity index (χ3n) is 2.52. The average Bonchev–Trinajstić information content (AvgIpc) is 2.48. The van der Waals surface area contributed by atoms with Crippen molar-refractivity contribution in [2.45, 2.75) is 0 Å². The molecule has 2 aromatic carbocycles. The summed E-state index contributed by atoms with van der Waals surface area (Å²) in [5.41, 5.74) is 0.529. The van der Waals surface area contributed by atoms with Crippen molar-refractivity contribution in [3.05, 3.63) is 54.6 Å². The minimum atomic E-state index is -0.854. The first kappa shape index (κ1) is 14.4. The average molecular weight is 286 g/mol. The molecule has 0 saturated heterocycles. The molecule has 108 valence electrons. The van der Waals surface area contributed by atoms with Gasteiger partial charge in [0.2, 0.25) is 0 Å². The number of imide groups is 1. The fraction of sp³-hybridized carbons (Fsp3) is 0.0667. The monoisotopic (exact) mass is 286 g/mol. The molecule has 0 aromatic heterocycles. The van der Waals surface area contributed by atoms with Gasteiger partial charge in [-0.25, -0.2) is 14.9 Å². The molecule has 0 unspecified atom stereocenters. The highest BCUT2D eigenvalue weighted by atomic mass is 16.6. The van der Waals surface area contributed by atoms with Crippen molar-refractivity contribution in [2.75, 3.05) is 12.4 Å². The summed E-state index contributed by atoms with van der Waals surface area (Å²) in [7, 11) is 1.55. The first-order valence-corrected chi connectivity index (χ1v) is 6.16. The highest BCUT2D eigenvalue weighted by Crippen LogP contribution is 2.14. The van der Waals surface area contributed by atoms with E-state index in [2.05, 4.69) is 10.6 Å². The van der Waals surface area contributed by atoms with Crippen LogP contribution in [0.15, 0.2) is 54.6 Å². The van der Waals surface area contributed by atoms with Gasteiger partial charge in [0.05, 0.1) is 7.11 Å². The number of hydrogen-bond acceptors (Lipinski definition) is 4. The molecule has 0 heterocycles. The van der Waals surface area contributed by atoms with Crippen LogP contribution < -0.4 is 20.1 Å². The van der Waals surface area contributed by atoms with E-state index in [4.69, 9.17) is 9.47 Å². The van der Waals surface area contributed by atoms with E-state index in [9.17, 15) is 9.59 Å². The van der Waals surface area contributed by atoms with Gasteiger partial charge in [0.1, 0.15) is 11.5 Å². The van der Waals surface area contributed by atoms with Crippen molar-refractivity contribution in [2.24, 2.45) is 0 Å². The van der Waals surface area contributed by atoms with Gasteiger partial charge in [-0.2, -0.15) is 0 Å². The summed E-state index contributed by atoms with van der Waals surface area (Å²) >= 11 is 0. The molecule has 3 amide bonds. The second-order valence-corrected chi connectivity index (χ2v) is 4.01. The Bertz CT molecular complexity index is 611. The summed E-state index contributed by atoms with van der Waals surface area (Å²) in [5, 5.41) is 4.57. The Hall–Kier alpha value is -3.02. The van der Waals surface area contributed by atoms with E-state index in [1.165, 1.54) is 0 Å². The summed E-state index contributed by atoms with van der Waals surface area (Å²) in [6, 6.07) is 14.5. The lowest BCUT2D eigenvalue weighted by Crippen LogP contribution is -2.36. The molecule has 0 saturated carbocycles. The number of rotatable bonds is 3. The van der Waals surface area contributed by atoms with Gasteiger partial charge in [-0.15, -0.1) is 0 Å². The van der Waals surface area contributed by atoms with Crippen LogP contribution in [0.4, 0.5) is 15.3 Å². The second kappa shape index (κ2) is 6.95. The van der Waals surface area contributed by atoms with Crippen LogP contribution in [0.25, 0.3) is 0 Å². The van der Waals surface area contributed by atoms with Gasteiger partial charge >= 0.3 is 12.1 Å². The molecule has 0 aliphatic rings. The Morgan fingerprint density at radius 1 is 0.905 bits per heavy atom. The third kappa shape index (κ3) is 4.54. The summed E-state index contributed by atoms with van der Waals surface area (Å²) in [6.45, 7) is 0. The minimum absolute atomic E-state index is 0.354. The molecule has 0 radical (unpaired) electrons. The molecular formula is C15H14N2O4. The summed E-state index contributed by atoms with van der Waals surface area (Å²) in [4.78, 5) is 23.1. The first-order chi connectivity index (χ1) is 10.2. The summed E-state index contributed by atoms with van der Waals surface area (Å²) in [6.07, 6.45) is -0.854. The largest absolute Gasteiger partial charge is 0.497 e. The van der Waals surface area contributed by atoms with Gasteiger partial charge in [0.25, 0.3) is 0 Å². The number of urea groups is 1. The van der Waals surface area contributed by atoms with Crippen molar-refractivity contribution >= 4 is 17.8 Å². The Morgan fingerprint density at radius 3 is 2.19 bits per heavy atom. The number of carbonyl (C=O) groups excluding carboxylic acids is 2. The molecule has 0 bridgehead atoms. The van der Waals surface area contributed by atoms with E-state index in [0.29, 0.717) is 17.2 Å². The van der Waals surface area contributed by atoms with E-state index >= 15 is 0 Å². The Morgan fingerprint density at radius 2 is 1.57 bits per heavy atom. The zero-order chi connectivity index (χ0) is 15.1. The van der Waals surface area contributed by atoms with Gasteiger partial charge in [0.15, 0.2) is 0 Å². The van der Waals surface area contributed by atoms with Crippen LogP contribution in [-0.2, 0) is 0 Å². The number of nitrogens with one attached hydrogen (secondary N) is 2. The van der Waals surface area contributed by atoms with Crippen LogP contribution in [0, 0.1) is 0 Å². The Kier molecular flexibility index (Phi) is 4.76. The maximum absolute atomic E-state index is 11.6. The predicted octanol–water partition coefficient (Wildman–Crippen LogP) is 3.02. The number of anilines is 1. The fourth-order valence-corrected chi connectivity index (χ4v) is 1.55. The van der Waals surface area contributed by atoms with Gasteiger partial charge in [0, 0.05) is 5.69 Å². The number of ether oxygens (including phenoxy) is 2. The normalized spacial score (nSPS) is 9.57. The van der Waals surface area contributed by atoms with E-state index in [0.717, 1.165) is 0 Å². The molecule has 0 spiro atoms. The quantitative estimate of drug-likeness (QED) is 0.909. The van der Waals surface area contributed by atoms with Gasteiger partial charge in [-0.3, -0.25) is 0 Å². The second-order valence-electron chi connectivity index (χ2n) is 4.01. The van der Waals surface area contributed by atoms with Gasteiger partial charge in [-0.05, 0) is 36.4 Å². The van der Waals surface area contributed by atoms with Crippen molar-refractivity contribution < 1.29 is 19.1 Å². The lowest BCUT2D eigenvalue weighted by Gasteiger charge is -2.08. The lowest BCUT2D eigenvalue weighted by molar-refractivity contribution is 0.199. The number of amides is 3. The Labute approximate surface area is 121 Å². The topological polar surface area (TPSA) is 76.7 Å².